The third-order valence-electron chi connectivity index (χ3n) is 4.34. The molecular weight excluding hydrogens is 378 g/mol. The topological polar surface area (TPSA) is 80.8 Å². The van der Waals surface area contributed by atoms with Gasteiger partial charge in [-0.2, -0.15) is 0 Å². The van der Waals surface area contributed by atoms with Crippen molar-refractivity contribution in [2.24, 2.45) is 0 Å². The van der Waals surface area contributed by atoms with Gasteiger partial charge in [-0.05, 0) is 43.3 Å². The Morgan fingerprint density at radius 2 is 1.79 bits per heavy atom. The minimum atomic E-state index is -3.79. The number of nitrogens with zero attached hydrogens (tertiary/aromatic N) is 2. The number of fused-ring (bicyclic) bond motifs is 1. The lowest BCUT2D eigenvalue weighted by Crippen LogP contribution is -2.17. The highest BCUT2D eigenvalue weighted by Gasteiger charge is 2.21. The Morgan fingerprint density at radius 3 is 2.50 bits per heavy atom. The fraction of sp³-hybridized carbons (Fsp3) is 0.150. The number of ether oxygens (including phenoxy) is 2. The van der Waals surface area contributed by atoms with E-state index in [1.54, 1.807) is 18.3 Å². The molecule has 3 aromatic rings. The number of sulfonamides is 1. The van der Waals surface area contributed by atoms with E-state index in [1.807, 2.05) is 43.3 Å². The summed E-state index contributed by atoms with van der Waals surface area (Å²) in [6, 6.07) is 17.9. The van der Waals surface area contributed by atoms with Gasteiger partial charge in [0.1, 0.15) is 5.82 Å². The molecule has 1 N–H and O–H groups in total. The second kappa shape index (κ2) is 7.40. The first kappa shape index (κ1) is 18.1. The predicted molar refractivity (Wildman–Crippen MR) is 107 cm³/mol. The van der Waals surface area contributed by atoms with E-state index in [1.165, 1.54) is 12.1 Å². The first-order valence-electron chi connectivity index (χ1n) is 8.78. The Morgan fingerprint density at radius 1 is 1.00 bits per heavy atom. The van der Waals surface area contributed by atoms with Crippen LogP contribution in [-0.2, 0) is 10.0 Å². The number of pyridine rings is 1. The summed E-state index contributed by atoms with van der Waals surface area (Å²) < 4.78 is 38.2. The van der Waals surface area contributed by atoms with Crippen molar-refractivity contribution >= 4 is 27.2 Å². The van der Waals surface area contributed by atoms with Gasteiger partial charge in [0.2, 0.25) is 6.79 Å². The number of nitrogens with one attached hydrogen (secondary N) is 1. The average Bonchev–Trinajstić information content (AvgIpc) is 3.18. The van der Waals surface area contributed by atoms with Crippen molar-refractivity contribution in [1.29, 1.82) is 0 Å². The van der Waals surface area contributed by atoms with Crippen molar-refractivity contribution in [1.82, 2.24) is 4.98 Å². The molecule has 0 saturated heterocycles. The van der Waals surface area contributed by atoms with Gasteiger partial charge >= 0.3 is 0 Å². The molecule has 0 amide bonds. The molecule has 1 aliphatic heterocycles. The Kier molecular flexibility index (Phi) is 4.79. The minimum Gasteiger partial charge on any atom is -0.454 e. The van der Waals surface area contributed by atoms with Gasteiger partial charge in [0.15, 0.2) is 11.5 Å². The van der Waals surface area contributed by atoms with Gasteiger partial charge in [0.05, 0.1) is 16.8 Å². The number of hydrogen-bond acceptors (Lipinski definition) is 6. The second-order valence-electron chi connectivity index (χ2n) is 6.10. The zero-order valence-corrected chi connectivity index (χ0v) is 16.0. The Hall–Kier alpha value is -3.26. The quantitative estimate of drug-likeness (QED) is 0.682. The molecule has 0 spiro atoms. The summed E-state index contributed by atoms with van der Waals surface area (Å²) >= 11 is 0. The van der Waals surface area contributed by atoms with E-state index < -0.39 is 10.0 Å². The summed E-state index contributed by atoms with van der Waals surface area (Å²) in [6.45, 7) is 2.89. The third-order valence-corrected chi connectivity index (χ3v) is 5.69. The van der Waals surface area contributed by atoms with Crippen LogP contribution in [0, 0.1) is 0 Å². The van der Waals surface area contributed by atoms with Gasteiger partial charge < -0.3 is 14.4 Å². The van der Waals surface area contributed by atoms with Gasteiger partial charge in [-0.3, -0.25) is 4.72 Å². The molecule has 2 aromatic carbocycles. The van der Waals surface area contributed by atoms with Crippen LogP contribution in [0.15, 0.2) is 71.8 Å². The Labute approximate surface area is 163 Å². The van der Waals surface area contributed by atoms with Crippen molar-refractivity contribution in [2.45, 2.75) is 11.8 Å². The standard InChI is InChI=1S/C20H19N3O4S/c1-2-23(15-6-4-3-5-7-15)16-8-11-20(21-13-16)22-28(24,25)17-9-10-18-19(12-17)27-14-26-18/h3-13H,2,14H2,1H3,(H,21,22). The molecule has 7 nitrogen and oxygen atoms in total. The van der Waals surface area contributed by atoms with E-state index in [4.69, 9.17) is 9.47 Å². The normalized spacial score (nSPS) is 12.6. The summed E-state index contributed by atoms with van der Waals surface area (Å²) in [5.41, 5.74) is 1.92. The van der Waals surface area contributed by atoms with Crippen molar-refractivity contribution in [3.05, 3.63) is 66.9 Å². The fourth-order valence-corrected chi connectivity index (χ4v) is 3.99. The number of hydrogen-bond donors (Lipinski definition) is 1. The van der Waals surface area contributed by atoms with Crippen LogP contribution in [0.5, 0.6) is 11.5 Å². The molecule has 28 heavy (non-hydrogen) atoms. The summed E-state index contributed by atoms with van der Waals surface area (Å²) in [4.78, 5) is 6.44. The fourth-order valence-electron chi connectivity index (χ4n) is 2.97. The summed E-state index contributed by atoms with van der Waals surface area (Å²) in [5.74, 6) is 1.18. The van der Waals surface area contributed by atoms with E-state index >= 15 is 0 Å². The van der Waals surface area contributed by atoms with Crippen molar-refractivity contribution in [3.8, 4) is 11.5 Å². The molecule has 0 aliphatic carbocycles. The van der Waals surface area contributed by atoms with Crippen LogP contribution in [-0.4, -0.2) is 26.7 Å². The predicted octanol–water partition coefficient (Wildman–Crippen LogP) is 3.77. The molecule has 1 aliphatic rings. The van der Waals surface area contributed by atoms with Crippen LogP contribution < -0.4 is 19.1 Å². The molecular formula is C20H19N3O4S. The van der Waals surface area contributed by atoms with Crippen LogP contribution in [0.1, 0.15) is 6.92 Å². The van der Waals surface area contributed by atoms with Gasteiger partial charge in [-0.1, -0.05) is 18.2 Å². The van der Waals surface area contributed by atoms with Crippen molar-refractivity contribution in [3.63, 3.8) is 0 Å². The molecule has 4 rings (SSSR count). The van der Waals surface area contributed by atoms with Crippen LogP contribution in [0.4, 0.5) is 17.2 Å². The molecule has 2 heterocycles. The highest BCUT2D eigenvalue weighted by atomic mass is 32.2. The molecule has 1 aromatic heterocycles. The van der Waals surface area contributed by atoms with E-state index in [-0.39, 0.29) is 17.5 Å². The van der Waals surface area contributed by atoms with E-state index in [2.05, 4.69) is 14.6 Å². The summed E-state index contributed by atoms with van der Waals surface area (Å²) in [5, 5.41) is 0. The largest absolute Gasteiger partial charge is 0.454 e. The maximum Gasteiger partial charge on any atom is 0.263 e. The number of benzene rings is 2. The van der Waals surface area contributed by atoms with Crippen LogP contribution in [0.25, 0.3) is 0 Å². The molecule has 0 radical (unpaired) electrons. The lowest BCUT2D eigenvalue weighted by Gasteiger charge is -2.23. The molecule has 0 bridgehead atoms. The second-order valence-corrected chi connectivity index (χ2v) is 7.78. The minimum absolute atomic E-state index is 0.0853. The highest BCUT2D eigenvalue weighted by molar-refractivity contribution is 7.92. The Bertz CT molecular complexity index is 1070. The average molecular weight is 397 g/mol. The van der Waals surface area contributed by atoms with Crippen molar-refractivity contribution < 1.29 is 17.9 Å². The number of rotatable bonds is 6. The number of para-hydroxylation sites is 1. The molecule has 0 fully saturated rings. The lowest BCUT2D eigenvalue weighted by molar-refractivity contribution is 0.174. The van der Waals surface area contributed by atoms with Crippen LogP contribution in [0.2, 0.25) is 0 Å². The highest BCUT2D eigenvalue weighted by Crippen LogP contribution is 2.34. The number of anilines is 3. The first-order valence-corrected chi connectivity index (χ1v) is 10.3. The van der Waals surface area contributed by atoms with Gasteiger partial charge in [-0.15, -0.1) is 0 Å². The zero-order chi connectivity index (χ0) is 19.6. The zero-order valence-electron chi connectivity index (χ0n) is 15.2. The summed E-state index contributed by atoms with van der Waals surface area (Å²) in [7, 11) is -3.79. The maximum atomic E-state index is 12.6. The molecule has 0 unspecified atom stereocenters. The van der Waals surface area contributed by atoms with Gasteiger partial charge in [-0.25, -0.2) is 13.4 Å². The van der Waals surface area contributed by atoms with Gasteiger partial charge in [0, 0.05) is 18.3 Å². The van der Waals surface area contributed by atoms with E-state index in [0.717, 1.165) is 17.9 Å². The SMILES string of the molecule is CCN(c1ccccc1)c1ccc(NS(=O)(=O)c2ccc3c(c2)OCO3)nc1. The number of aromatic nitrogens is 1. The third kappa shape index (κ3) is 3.59. The Balaban J connectivity index is 1.54. The van der Waals surface area contributed by atoms with Crippen molar-refractivity contribution in [2.75, 3.05) is 23.0 Å². The first-order chi connectivity index (χ1) is 13.6. The smallest absolute Gasteiger partial charge is 0.263 e. The summed E-state index contributed by atoms with van der Waals surface area (Å²) in [6.07, 6.45) is 1.65. The van der Waals surface area contributed by atoms with E-state index in [0.29, 0.717) is 11.5 Å². The van der Waals surface area contributed by atoms with E-state index in [9.17, 15) is 8.42 Å². The van der Waals surface area contributed by atoms with Crippen LogP contribution >= 0.6 is 0 Å². The molecule has 8 heteroatoms. The molecule has 144 valence electrons. The molecule has 0 atom stereocenters. The van der Waals surface area contributed by atoms with Crippen LogP contribution in [0.3, 0.4) is 0 Å². The van der Waals surface area contributed by atoms with Gasteiger partial charge in [0.25, 0.3) is 10.0 Å². The molecule has 0 saturated carbocycles. The lowest BCUT2D eigenvalue weighted by atomic mass is 10.2. The maximum absolute atomic E-state index is 12.6. The monoisotopic (exact) mass is 397 g/mol.